The third kappa shape index (κ3) is 4.22. The molecule has 8 heteroatoms. The largest absolute Gasteiger partial charge is 0.486 e. The minimum atomic E-state index is -0.298. The van der Waals surface area contributed by atoms with Gasteiger partial charge in [0.15, 0.2) is 11.5 Å². The van der Waals surface area contributed by atoms with Crippen molar-refractivity contribution in [1.82, 2.24) is 20.4 Å². The van der Waals surface area contributed by atoms with Gasteiger partial charge in [-0.05, 0) is 55.8 Å². The maximum atomic E-state index is 13.2. The number of nitrogens with one attached hydrogen (secondary N) is 2. The molecule has 2 heterocycles. The Morgan fingerprint density at radius 3 is 2.67 bits per heavy atom. The van der Waals surface area contributed by atoms with E-state index in [9.17, 15) is 9.18 Å². The first-order valence-electron chi connectivity index (χ1n) is 9.74. The third-order valence-electron chi connectivity index (χ3n) is 4.99. The standard InChI is InChI=1S/C22H23FN4O3/c1-14(19-13-25-27(15(19)2)18-6-4-17(23)5-7-18)26-22(28)24-12-16-3-8-20-21(11-16)30-10-9-29-20/h3-8,11,13-14H,9-10,12H2,1-2H3,(H2,24,26,28)/t14-/m1/s1. The molecule has 0 bridgehead atoms. The molecule has 7 nitrogen and oxygen atoms in total. The fraction of sp³-hybridized carbons (Fsp3) is 0.273. The molecule has 1 aliphatic rings. The van der Waals surface area contributed by atoms with Crippen LogP contribution in [-0.4, -0.2) is 29.0 Å². The molecule has 2 aromatic carbocycles. The van der Waals surface area contributed by atoms with Crippen LogP contribution in [-0.2, 0) is 6.54 Å². The van der Waals surface area contributed by atoms with Gasteiger partial charge in [-0.2, -0.15) is 5.10 Å². The maximum absolute atomic E-state index is 13.2. The highest BCUT2D eigenvalue weighted by molar-refractivity contribution is 5.74. The molecule has 0 radical (unpaired) electrons. The van der Waals surface area contributed by atoms with Gasteiger partial charge in [0.2, 0.25) is 0 Å². The van der Waals surface area contributed by atoms with Gasteiger partial charge in [0.25, 0.3) is 0 Å². The third-order valence-corrected chi connectivity index (χ3v) is 4.99. The van der Waals surface area contributed by atoms with E-state index in [1.165, 1.54) is 12.1 Å². The molecule has 0 spiro atoms. The van der Waals surface area contributed by atoms with Crippen molar-refractivity contribution in [1.29, 1.82) is 0 Å². The van der Waals surface area contributed by atoms with E-state index < -0.39 is 0 Å². The van der Waals surface area contributed by atoms with Crippen LogP contribution in [0.25, 0.3) is 5.69 Å². The summed E-state index contributed by atoms with van der Waals surface area (Å²) < 4.78 is 26.0. The van der Waals surface area contributed by atoms with Crippen molar-refractivity contribution in [2.24, 2.45) is 0 Å². The van der Waals surface area contributed by atoms with Crippen molar-refractivity contribution in [3.8, 4) is 17.2 Å². The van der Waals surface area contributed by atoms with Crippen molar-refractivity contribution >= 4 is 6.03 Å². The maximum Gasteiger partial charge on any atom is 0.315 e. The zero-order valence-corrected chi connectivity index (χ0v) is 16.8. The molecule has 156 valence electrons. The lowest BCUT2D eigenvalue weighted by atomic mass is 10.1. The summed E-state index contributed by atoms with van der Waals surface area (Å²) in [7, 11) is 0. The molecule has 0 aliphatic carbocycles. The Morgan fingerprint density at radius 2 is 1.90 bits per heavy atom. The summed E-state index contributed by atoms with van der Waals surface area (Å²) in [6.07, 6.45) is 1.71. The quantitative estimate of drug-likeness (QED) is 0.673. The fourth-order valence-electron chi connectivity index (χ4n) is 3.40. The molecule has 0 unspecified atom stereocenters. The Morgan fingerprint density at radius 1 is 1.17 bits per heavy atom. The van der Waals surface area contributed by atoms with E-state index in [1.807, 2.05) is 32.0 Å². The van der Waals surface area contributed by atoms with Crippen molar-refractivity contribution in [2.45, 2.75) is 26.4 Å². The van der Waals surface area contributed by atoms with Crippen LogP contribution in [0, 0.1) is 12.7 Å². The number of hydrogen-bond donors (Lipinski definition) is 2. The Bertz CT molecular complexity index is 1050. The summed E-state index contributed by atoms with van der Waals surface area (Å²) in [4.78, 5) is 12.4. The zero-order valence-electron chi connectivity index (χ0n) is 16.8. The topological polar surface area (TPSA) is 77.4 Å². The van der Waals surface area contributed by atoms with E-state index in [2.05, 4.69) is 15.7 Å². The van der Waals surface area contributed by atoms with Gasteiger partial charge in [-0.15, -0.1) is 0 Å². The molecule has 1 atom stereocenters. The normalized spacial score (nSPS) is 13.6. The van der Waals surface area contributed by atoms with Crippen LogP contribution in [0.4, 0.5) is 9.18 Å². The van der Waals surface area contributed by atoms with E-state index >= 15 is 0 Å². The van der Waals surface area contributed by atoms with Crippen LogP contribution in [0.5, 0.6) is 11.5 Å². The Hall–Kier alpha value is -3.55. The number of ether oxygens (including phenoxy) is 2. The second-order valence-electron chi connectivity index (χ2n) is 7.10. The van der Waals surface area contributed by atoms with Crippen LogP contribution in [0.3, 0.4) is 0 Å². The number of hydrogen-bond acceptors (Lipinski definition) is 4. The molecule has 2 N–H and O–H groups in total. The van der Waals surface area contributed by atoms with Gasteiger partial charge in [0.1, 0.15) is 19.0 Å². The summed E-state index contributed by atoms with van der Waals surface area (Å²) in [6, 6.07) is 11.2. The van der Waals surface area contributed by atoms with Crippen LogP contribution in [0.15, 0.2) is 48.7 Å². The van der Waals surface area contributed by atoms with Crippen molar-refractivity contribution in [3.63, 3.8) is 0 Å². The number of carbonyl (C=O) groups is 1. The number of halogens is 1. The average molecular weight is 410 g/mol. The molecule has 0 fully saturated rings. The number of nitrogens with zero attached hydrogens (tertiary/aromatic N) is 2. The van der Waals surface area contributed by atoms with Gasteiger partial charge in [-0.3, -0.25) is 0 Å². The zero-order chi connectivity index (χ0) is 21.1. The van der Waals surface area contributed by atoms with Crippen LogP contribution >= 0.6 is 0 Å². The average Bonchev–Trinajstić information content (AvgIpc) is 3.14. The van der Waals surface area contributed by atoms with E-state index in [-0.39, 0.29) is 17.9 Å². The Kier molecular flexibility index (Phi) is 5.56. The molecular formula is C22H23FN4O3. The van der Waals surface area contributed by atoms with E-state index in [1.54, 1.807) is 23.0 Å². The number of aromatic nitrogens is 2. The van der Waals surface area contributed by atoms with Crippen molar-refractivity contribution in [2.75, 3.05) is 13.2 Å². The highest BCUT2D eigenvalue weighted by atomic mass is 19.1. The number of amides is 2. The SMILES string of the molecule is Cc1c([C@@H](C)NC(=O)NCc2ccc3c(c2)OCCO3)cnn1-c1ccc(F)cc1. The van der Waals surface area contributed by atoms with Crippen LogP contribution in [0.2, 0.25) is 0 Å². The van der Waals surface area contributed by atoms with Gasteiger partial charge in [-0.1, -0.05) is 6.07 Å². The van der Waals surface area contributed by atoms with Gasteiger partial charge >= 0.3 is 6.03 Å². The molecule has 0 saturated carbocycles. The lowest BCUT2D eigenvalue weighted by Gasteiger charge is -2.19. The summed E-state index contributed by atoms with van der Waals surface area (Å²) in [5, 5.41) is 10.2. The van der Waals surface area contributed by atoms with Gasteiger partial charge in [0.05, 0.1) is 17.9 Å². The lowest BCUT2D eigenvalue weighted by molar-refractivity contribution is 0.171. The number of urea groups is 1. The highest BCUT2D eigenvalue weighted by Crippen LogP contribution is 2.30. The van der Waals surface area contributed by atoms with Crippen molar-refractivity contribution in [3.05, 3.63) is 71.3 Å². The van der Waals surface area contributed by atoms with E-state index in [0.717, 1.165) is 28.3 Å². The van der Waals surface area contributed by atoms with Crippen molar-refractivity contribution < 1.29 is 18.7 Å². The van der Waals surface area contributed by atoms with Gasteiger partial charge < -0.3 is 20.1 Å². The monoisotopic (exact) mass is 410 g/mol. The minimum Gasteiger partial charge on any atom is -0.486 e. The first-order chi connectivity index (χ1) is 14.5. The van der Waals surface area contributed by atoms with E-state index in [0.29, 0.717) is 25.5 Å². The van der Waals surface area contributed by atoms with Gasteiger partial charge in [0, 0.05) is 17.8 Å². The summed E-state index contributed by atoms with van der Waals surface area (Å²) >= 11 is 0. The molecule has 30 heavy (non-hydrogen) atoms. The molecule has 1 aromatic heterocycles. The second-order valence-corrected chi connectivity index (χ2v) is 7.10. The summed E-state index contributed by atoms with van der Waals surface area (Å²) in [5.41, 5.74) is 3.44. The first-order valence-corrected chi connectivity index (χ1v) is 9.74. The number of carbonyl (C=O) groups excluding carboxylic acids is 1. The van der Waals surface area contributed by atoms with Crippen LogP contribution < -0.4 is 20.1 Å². The predicted molar refractivity (Wildman–Crippen MR) is 109 cm³/mol. The van der Waals surface area contributed by atoms with E-state index in [4.69, 9.17) is 9.47 Å². The summed E-state index contributed by atoms with van der Waals surface area (Å²) in [6.45, 7) is 5.23. The minimum absolute atomic E-state index is 0.250. The number of rotatable bonds is 5. The Labute approximate surface area is 173 Å². The Balaban J connectivity index is 1.36. The first kappa shape index (κ1) is 19.8. The van der Waals surface area contributed by atoms with Gasteiger partial charge in [-0.25, -0.2) is 13.9 Å². The number of fused-ring (bicyclic) bond motifs is 1. The molecule has 2 amide bonds. The molecule has 1 aliphatic heterocycles. The molecular weight excluding hydrogens is 387 g/mol. The highest BCUT2D eigenvalue weighted by Gasteiger charge is 2.17. The smallest absolute Gasteiger partial charge is 0.315 e. The predicted octanol–water partition coefficient (Wildman–Crippen LogP) is 3.65. The number of benzene rings is 2. The molecule has 0 saturated heterocycles. The lowest BCUT2D eigenvalue weighted by Crippen LogP contribution is -2.36. The molecule has 3 aromatic rings. The molecule has 4 rings (SSSR count). The summed E-state index contributed by atoms with van der Waals surface area (Å²) in [5.74, 6) is 1.11. The second kappa shape index (κ2) is 8.44. The fourth-order valence-corrected chi connectivity index (χ4v) is 3.40. The van der Waals surface area contributed by atoms with Crippen LogP contribution in [0.1, 0.15) is 29.8 Å².